The van der Waals surface area contributed by atoms with Crippen LogP contribution in [0.5, 0.6) is 0 Å². The largest absolute Gasteiger partial charge is 0.392 e. The van der Waals surface area contributed by atoms with Gasteiger partial charge in [-0.1, -0.05) is 5.16 Å². The van der Waals surface area contributed by atoms with Crippen molar-refractivity contribution in [1.82, 2.24) is 10.1 Å². The average Bonchev–Trinajstić information content (AvgIpc) is 2.92. The lowest BCUT2D eigenvalue weighted by atomic mass is 9.99. The number of benzene rings is 1. The average molecular weight is 278 g/mol. The molecule has 1 fully saturated rings. The molecule has 0 radical (unpaired) electrons. The molecule has 2 heterocycles. The Morgan fingerprint density at radius 1 is 1.40 bits per heavy atom. The van der Waals surface area contributed by atoms with Gasteiger partial charge in [-0.3, -0.25) is 0 Å². The molecular formula is C14H15FN2O3. The minimum Gasteiger partial charge on any atom is -0.392 e. The summed E-state index contributed by atoms with van der Waals surface area (Å²) in [5.74, 6) is 0.176. The van der Waals surface area contributed by atoms with E-state index in [2.05, 4.69) is 10.1 Å². The fourth-order valence-electron chi connectivity index (χ4n) is 2.25. The molecule has 1 aliphatic rings. The van der Waals surface area contributed by atoms with Crippen LogP contribution in [0, 0.1) is 12.7 Å². The Bertz CT molecular complexity index is 614. The first-order chi connectivity index (χ1) is 9.65. The van der Waals surface area contributed by atoms with Crippen molar-refractivity contribution in [2.75, 3.05) is 13.2 Å². The number of ether oxygens (including phenoxy) is 1. The van der Waals surface area contributed by atoms with Crippen LogP contribution in [-0.2, 0) is 4.74 Å². The van der Waals surface area contributed by atoms with E-state index in [9.17, 15) is 9.50 Å². The van der Waals surface area contributed by atoms with E-state index in [0.29, 0.717) is 42.5 Å². The van der Waals surface area contributed by atoms with Crippen LogP contribution in [0.1, 0.15) is 23.8 Å². The first-order valence-corrected chi connectivity index (χ1v) is 6.51. The predicted octanol–water partition coefficient (Wildman–Crippen LogP) is 2.05. The van der Waals surface area contributed by atoms with Crippen molar-refractivity contribution < 1.29 is 18.8 Å². The molecule has 1 saturated heterocycles. The highest BCUT2D eigenvalue weighted by Gasteiger charge is 2.30. The van der Waals surface area contributed by atoms with Crippen LogP contribution in [0.3, 0.4) is 0 Å². The summed E-state index contributed by atoms with van der Waals surface area (Å²) in [6.07, 6.45) is 0.0184. The van der Waals surface area contributed by atoms with E-state index in [1.165, 1.54) is 6.07 Å². The topological polar surface area (TPSA) is 68.4 Å². The van der Waals surface area contributed by atoms with Gasteiger partial charge in [0.25, 0.3) is 0 Å². The number of nitrogens with zero attached hydrogens (tertiary/aromatic N) is 2. The molecule has 1 aromatic heterocycles. The fraction of sp³-hybridized carbons (Fsp3) is 0.429. The van der Waals surface area contributed by atoms with Crippen molar-refractivity contribution >= 4 is 0 Å². The number of halogens is 1. The summed E-state index contributed by atoms with van der Waals surface area (Å²) in [4.78, 5) is 4.29. The molecule has 0 aliphatic carbocycles. The van der Waals surface area contributed by atoms with Crippen molar-refractivity contribution in [1.29, 1.82) is 0 Å². The maximum absolute atomic E-state index is 13.2. The van der Waals surface area contributed by atoms with Gasteiger partial charge in [-0.25, -0.2) is 4.39 Å². The summed E-state index contributed by atoms with van der Waals surface area (Å²) in [7, 11) is 0. The number of aryl methyl sites for hydroxylation is 1. The van der Waals surface area contributed by atoms with Gasteiger partial charge in [-0.15, -0.1) is 0 Å². The Labute approximate surface area is 115 Å². The van der Waals surface area contributed by atoms with E-state index < -0.39 is 6.10 Å². The SMILES string of the molecule is Cc1cc(-c2noc(C3COCCC3O)n2)ccc1F. The lowest BCUT2D eigenvalue weighted by Gasteiger charge is -2.24. The van der Waals surface area contributed by atoms with E-state index in [1.807, 2.05) is 0 Å². The first kappa shape index (κ1) is 13.2. The summed E-state index contributed by atoms with van der Waals surface area (Å²) in [5.41, 5.74) is 1.21. The highest BCUT2D eigenvalue weighted by atomic mass is 19.1. The molecule has 0 amide bonds. The molecule has 6 heteroatoms. The molecule has 2 aromatic rings. The minimum atomic E-state index is -0.535. The maximum atomic E-state index is 13.2. The lowest BCUT2D eigenvalue weighted by molar-refractivity contribution is -0.0149. The second-order valence-electron chi connectivity index (χ2n) is 4.96. The zero-order chi connectivity index (χ0) is 14.1. The molecule has 0 bridgehead atoms. The van der Waals surface area contributed by atoms with Gasteiger partial charge >= 0.3 is 0 Å². The zero-order valence-corrected chi connectivity index (χ0v) is 11.0. The van der Waals surface area contributed by atoms with Crippen molar-refractivity contribution in [2.24, 2.45) is 0 Å². The number of hydrogen-bond acceptors (Lipinski definition) is 5. The van der Waals surface area contributed by atoms with Crippen LogP contribution in [-0.4, -0.2) is 34.6 Å². The molecule has 3 rings (SSSR count). The predicted molar refractivity (Wildman–Crippen MR) is 68.6 cm³/mol. The van der Waals surface area contributed by atoms with Gasteiger partial charge in [-0.2, -0.15) is 4.98 Å². The Hall–Kier alpha value is -1.79. The quantitative estimate of drug-likeness (QED) is 0.910. The van der Waals surface area contributed by atoms with Gasteiger partial charge in [0.1, 0.15) is 5.82 Å². The standard InChI is InChI=1S/C14H15FN2O3/c1-8-6-9(2-3-11(8)15)13-16-14(20-17-13)10-7-19-5-4-12(10)18/h2-3,6,10,12,18H,4-5,7H2,1H3. The van der Waals surface area contributed by atoms with Crippen LogP contribution in [0.25, 0.3) is 11.4 Å². The van der Waals surface area contributed by atoms with E-state index in [1.54, 1.807) is 19.1 Å². The molecule has 2 unspecified atom stereocenters. The third kappa shape index (κ3) is 2.44. The lowest BCUT2D eigenvalue weighted by Crippen LogP contribution is -2.30. The van der Waals surface area contributed by atoms with Crippen molar-refractivity contribution in [2.45, 2.75) is 25.4 Å². The number of rotatable bonds is 2. The maximum Gasteiger partial charge on any atom is 0.235 e. The Balaban J connectivity index is 1.87. The summed E-state index contributed by atoms with van der Waals surface area (Å²) in [6, 6.07) is 4.64. The summed E-state index contributed by atoms with van der Waals surface area (Å²) >= 11 is 0. The molecule has 0 spiro atoms. The van der Waals surface area contributed by atoms with Gasteiger partial charge in [0, 0.05) is 12.2 Å². The smallest absolute Gasteiger partial charge is 0.235 e. The highest BCUT2D eigenvalue weighted by molar-refractivity contribution is 5.55. The van der Waals surface area contributed by atoms with Crippen LogP contribution in [0.15, 0.2) is 22.7 Å². The van der Waals surface area contributed by atoms with Gasteiger partial charge in [0.2, 0.25) is 11.7 Å². The number of aliphatic hydroxyl groups excluding tert-OH is 1. The third-order valence-electron chi connectivity index (χ3n) is 3.49. The molecule has 20 heavy (non-hydrogen) atoms. The molecule has 1 N–H and O–H groups in total. The number of hydrogen-bond donors (Lipinski definition) is 1. The third-order valence-corrected chi connectivity index (χ3v) is 3.49. The van der Waals surface area contributed by atoms with Crippen molar-refractivity contribution in [3.63, 3.8) is 0 Å². The molecule has 2 atom stereocenters. The van der Waals surface area contributed by atoms with E-state index in [0.717, 1.165) is 0 Å². The molecule has 0 saturated carbocycles. The van der Waals surface area contributed by atoms with E-state index in [-0.39, 0.29) is 11.7 Å². The minimum absolute atomic E-state index is 0.270. The fourth-order valence-corrected chi connectivity index (χ4v) is 2.25. The van der Waals surface area contributed by atoms with Crippen molar-refractivity contribution in [3.05, 3.63) is 35.5 Å². The first-order valence-electron chi connectivity index (χ1n) is 6.51. The molecule has 5 nitrogen and oxygen atoms in total. The second kappa shape index (κ2) is 5.30. The monoisotopic (exact) mass is 278 g/mol. The van der Waals surface area contributed by atoms with Crippen LogP contribution in [0.2, 0.25) is 0 Å². The summed E-state index contributed by atoms with van der Waals surface area (Å²) in [5, 5.41) is 13.8. The Morgan fingerprint density at radius 2 is 2.25 bits per heavy atom. The molecule has 1 aromatic carbocycles. The van der Waals surface area contributed by atoms with Crippen molar-refractivity contribution in [3.8, 4) is 11.4 Å². The summed E-state index contributed by atoms with van der Waals surface area (Å²) in [6.45, 7) is 2.58. The summed E-state index contributed by atoms with van der Waals surface area (Å²) < 4.78 is 23.8. The Kier molecular flexibility index (Phi) is 3.50. The zero-order valence-electron chi connectivity index (χ0n) is 11.0. The van der Waals surface area contributed by atoms with Gasteiger partial charge in [0.15, 0.2) is 0 Å². The highest BCUT2D eigenvalue weighted by Crippen LogP contribution is 2.27. The molecule has 106 valence electrons. The molecule has 1 aliphatic heterocycles. The van der Waals surface area contributed by atoms with Crippen LogP contribution < -0.4 is 0 Å². The normalized spacial score (nSPS) is 22.9. The van der Waals surface area contributed by atoms with Gasteiger partial charge in [0.05, 0.1) is 18.6 Å². The second-order valence-corrected chi connectivity index (χ2v) is 4.96. The number of aliphatic hydroxyl groups is 1. The van der Waals surface area contributed by atoms with Crippen LogP contribution in [0.4, 0.5) is 4.39 Å². The van der Waals surface area contributed by atoms with Crippen LogP contribution >= 0.6 is 0 Å². The molecular weight excluding hydrogens is 263 g/mol. The van der Waals surface area contributed by atoms with E-state index in [4.69, 9.17) is 9.26 Å². The Morgan fingerprint density at radius 3 is 3.00 bits per heavy atom. The van der Waals surface area contributed by atoms with E-state index >= 15 is 0 Å². The van der Waals surface area contributed by atoms with Gasteiger partial charge in [-0.05, 0) is 37.1 Å². The number of aromatic nitrogens is 2. The van der Waals surface area contributed by atoms with Gasteiger partial charge < -0.3 is 14.4 Å².